The van der Waals surface area contributed by atoms with Gasteiger partial charge in [0.1, 0.15) is 0 Å². The molecule has 0 aromatic heterocycles. The van der Waals surface area contributed by atoms with E-state index in [4.69, 9.17) is 4.74 Å². The highest BCUT2D eigenvalue weighted by Crippen LogP contribution is 2.13. The van der Waals surface area contributed by atoms with Gasteiger partial charge in [-0.15, -0.1) is 0 Å². The fourth-order valence-electron chi connectivity index (χ4n) is 2.55. The van der Waals surface area contributed by atoms with Gasteiger partial charge in [0.15, 0.2) is 5.96 Å². The van der Waals surface area contributed by atoms with Crippen molar-refractivity contribution in [1.82, 2.24) is 10.2 Å². The molecule has 1 aromatic carbocycles. The Morgan fingerprint density at radius 3 is 2.85 bits per heavy atom. The predicted molar refractivity (Wildman–Crippen MR) is 83.1 cm³/mol. The van der Waals surface area contributed by atoms with Gasteiger partial charge < -0.3 is 15.0 Å². The summed E-state index contributed by atoms with van der Waals surface area (Å²) in [5.41, 5.74) is 1.35. The van der Waals surface area contributed by atoms with Crippen molar-refractivity contribution in [3.63, 3.8) is 0 Å². The average Bonchev–Trinajstić information content (AvgIpc) is 2.97. The highest BCUT2D eigenvalue weighted by atomic mass is 16.5. The van der Waals surface area contributed by atoms with Gasteiger partial charge in [0.25, 0.3) is 0 Å². The zero-order valence-corrected chi connectivity index (χ0v) is 12.5. The van der Waals surface area contributed by atoms with E-state index in [9.17, 15) is 0 Å². The van der Waals surface area contributed by atoms with Crippen LogP contribution in [0.2, 0.25) is 0 Å². The molecule has 2 rings (SSSR count). The predicted octanol–water partition coefficient (Wildman–Crippen LogP) is 1.77. The highest BCUT2D eigenvalue weighted by Gasteiger charge is 2.18. The monoisotopic (exact) mass is 275 g/mol. The second-order valence-electron chi connectivity index (χ2n) is 5.32. The molecular formula is C16H25N3O. The second kappa shape index (κ2) is 7.90. The zero-order valence-electron chi connectivity index (χ0n) is 12.5. The maximum Gasteiger partial charge on any atom is 0.193 e. The van der Waals surface area contributed by atoms with E-state index in [0.29, 0.717) is 5.92 Å². The SMILES string of the molecule is CN=C(NCCc1ccccc1)N(C)CC1CCOC1. The van der Waals surface area contributed by atoms with E-state index < -0.39 is 0 Å². The van der Waals surface area contributed by atoms with E-state index >= 15 is 0 Å². The van der Waals surface area contributed by atoms with Crippen molar-refractivity contribution < 1.29 is 4.74 Å². The highest BCUT2D eigenvalue weighted by molar-refractivity contribution is 5.79. The summed E-state index contributed by atoms with van der Waals surface area (Å²) >= 11 is 0. The van der Waals surface area contributed by atoms with Crippen LogP contribution in [0.3, 0.4) is 0 Å². The summed E-state index contributed by atoms with van der Waals surface area (Å²) in [5, 5.41) is 3.43. The lowest BCUT2D eigenvalue weighted by atomic mass is 10.1. The lowest BCUT2D eigenvalue weighted by molar-refractivity contribution is 0.181. The van der Waals surface area contributed by atoms with E-state index in [1.807, 2.05) is 13.1 Å². The van der Waals surface area contributed by atoms with E-state index in [2.05, 4.69) is 46.5 Å². The third-order valence-electron chi connectivity index (χ3n) is 3.67. The molecule has 0 saturated carbocycles. The van der Waals surface area contributed by atoms with Crippen LogP contribution in [-0.2, 0) is 11.2 Å². The Morgan fingerprint density at radius 2 is 2.20 bits per heavy atom. The normalized spacial score (nSPS) is 19.1. The number of nitrogens with zero attached hydrogens (tertiary/aromatic N) is 2. The first-order chi connectivity index (χ1) is 9.79. The van der Waals surface area contributed by atoms with E-state index in [0.717, 1.165) is 45.1 Å². The first kappa shape index (κ1) is 14.9. The molecule has 20 heavy (non-hydrogen) atoms. The summed E-state index contributed by atoms with van der Waals surface area (Å²) < 4.78 is 5.42. The van der Waals surface area contributed by atoms with Gasteiger partial charge in [-0.3, -0.25) is 4.99 Å². The number of aliphatic imine (C=N–C) groups is 1. The Labute approximate surface area is 121 Å². The topological polar surface area (TPSA) is 36.9 Å². The Morgan fingerprint density at radius 1 is 1.40 bits per heavy atom. The van der Waals surface area contributed by atoms with Gasteiger partial charge in [0, 0.05) is 39.7 Å². The van der Waals surface area contributed by atoms with Gasteiger partial charge >= 0.3 is 0 Å². The lowest BCUT2D eigenvalue weighted by Crippen LogP contribution is -2.42. The number of ether oxygens (including phenoxy) is 1. The summed E-state index contributed by atoms with van der Waals surface area (Å²) in [5.74, 6) is 1.60. The minimum atomic E-state index is 0.632. The van der Waals surface area contributed by atoms with Crippen LogP contribution in [0.25, 0.3) is 0 Å². The summed E-state index contributed by atoms with van der Waals surface area (Å²) in [6.07, 6.45) is 2.17. The molecule has 1 heterocycles. The number of guanidine groups is 1. The molecule has 1 aliphatic heterocycles. The number of benzene rings is 1. The molecule has 1 atom stereocenters. The third kappa shape index (κ3) is 4.53. The number of nitrogens with one attached hydrogen (secondary N) is 1. The van der Waals surface area contributed by atoms with Crippen molar-refractivity contribution in [2.24, 2.45) is 10.9 Å². The molecule has 0 bridgehead atoms. The summed E-state index contributed by atoms with van der Waals surface area (Å²) in [6, 6.07) is 10.5. The lowest BCUT2D eigenvalue weighted by Gasteiger charge is -2.24. The Hall–Kier alpha value is -1.55. The van der Waals surface area contributed by atoms with Crippen LogP contribution in [0.5, 0.6) is 0 Å². The standard InChI is InChI=1S/C16H25N3O/c1-17-16(19(2)12-15-9-11-20-13-15)18-10-8-14-6-4-3-5-7-14/h3-7,15H,8-13H2,1-2H3,(H,17,18). The van der Waals surface area contributed by atoms with E-state index in [-0.39, 0.29) is 0 Å². The smallest absolute Gasteiger partial charge is 0.193 e. The molecule has 1 aliphatic rings. The molecular weight excluding hydrogens is 250 g/mol. The van der Waals surface area contributed by atoms with Gasteiger partial charge in [-0.2, -0.15) is 0 Å². The van der Waals surface area contributed by atoms with Gasteiger partial charge in [-0.25, -0.2) is 0 Å². The van der Waals surface area contributed by atoms with Gasteiger partial charge in [0.05, 0.1) is 6.61 Å². The number of hydrogen-bond acceptors (Lipinski definition) is 2. The number of hydrogen-bond donors (Lipinski definition) is 1. The molecule has 1 saturated heterocycles. The van der Waals surface area contributed by atoms with Crippen molar-refractivity contribution in [2.75, 3.05) is 40.4 Å². The van der Waals surface area contributed by atoms with Crippen LogP contribution in [-0.4, -0.2) is 51.3 Å². The molecule has 1 unspecified atom stereocenters. The molecule has 1 N–H and O–H groups in total. The quantitative estimate of drug-likeness (QED) is 0.657. The van der Waals surface area contributed by atoms with Crippen LogP contribution in [0.15, 0.2) is 35.3 Å². The van der Waals surface area contributed by atoms with Crippen LogP contribution in [0.4, 0.5) is 0 Å². The van der Waals surface area contributed by atoms with Crippen LogP contribution >= 0.6 is 0 Å². The largest absolute Gasteiger partial charge is 0.381 e. The Balaban J connectivity index is 1.74. The number of rotatable bonds is 5. The molecule has 1 aromatic rings. The minimum absolute atomic E-state index is 0.632. The molecule has 0 spiro atoms. The van der Waals surface area contributed by atoms with E-state index in [1.165, 1.54) is 5.56 Å². The Kier molecular flexibility index (Phi) is 5.87. The first-order valence-electron chi connectivity index (χ1n) is 7.33. The van der Waals surface area contributed by atoms with Crippen molar-refractivity contribution in [1.29, 1.82) is 0 Å². The second-order valence-corrected chi connectivity index (χ2v) is 5.32. The molecule has 110 valence electrons. The molecule has 4 heteroatoms. The van der Waals surface area contributed by atoms with Crippen molar-refractivity contribution >= 4 is 5.96 Å². The van der Waals surface area contributed by atoms with E-state index in [1.54, 1.807) is 0 Å². The molecule has 1 fully saturated rings. The van der Waals surface area contributed by atoms with Crippen molar-refractivity contribution in [3.05, 3.63) is 35.9 Å². The van der Waals surface area contributed by atoms with Crippen LogP contribution in [0.1, 0.15) is 12.0 Å². The van der Waals surface area contributed by atoms with Crippen LogP contribution in [0, 0.1) is 5.92 Å². The molecule has 0 radical (unpaired) electrons. The summed E-state index contributed by atoms with van der Waals surface area (Å²) in [4.78, 5) is 6.55. The maximum absolute atomic E-state index is 5.42. The molecule has 4 nitrogen and oxygen atoms in total. The van der Waals surface area contributed by atoms with Crippen molar-refractivity contribution in [3.8, 4) is 0 Å². The molecule has 0 amide bonds. The first-order valence-corrected chi connectivity index (χ1v) is 7.33. The summed E-state index contributed by atoms with van der Waals surface area (Å²) in [6.45, 7) is 3.69. The van der Waals surface area contributed by atoms with Gasteiger partial charge in [-0.1, -0.05) is 30.3 Å². The fourth-order valence-corrected chi connectivity index (χ4v) is 2.55. The Bertz CT molecular complexity index is 413. The van der Waals surface area contributed by atoms with Crippen LogP contribution < -0.4 is 5.32 Å². The maximum atomic E-state index is 5.42. The molecule has 0 aliphatic carbocycles. The average molecular weight is 275 g/mol. The van der Waals surface area contributed by atoms with Gasteiger partial charge in [-0.05, 0) is 18.4 Å². The minimum Gasteiger partial charge on any atom is -0.381 e. The summed E-state index contributed by atoms with van der Waals surface area (Å²) in [7, 11) is 3.93. The van der Waals surface area contributed by atoms with Gasteiger partial charge in [0.2, 0.25) is 0 Å². The zero-order chi connectivity index (χ0) is 14.2. The third-order valence-corrected chi connectivity index (χ3v) is 3.67. The van der Waals surface area contributed by atoms with Crippen molar-refractivity contribution in [2.45, 2.75) is 12.8 Å². The fraction of sp³-hybridized carbons (Fsp3) is 0.562.